The lowest BCUT2D eigenvalue weighted by Gasteiger charge is -2.21. The van der Waals surface area contributed by atoms with Gasteiger partial charge in [-0.05, 0) is 31.9 Å². The molecule has 0 saturated heterocycles. The van der Waals surface area contributed by atoms with Crippen LogP contribution in [0.25, 0.3) is 11.2 Å². The van der Waals surface area contributed by atoms with E-state index >= 15 is 0 Å². The molecule has 3 heterocycles. The number of rotatable bonds is 8. The molecule has 0 aliphatic heterocycles. The fraction of sp³-hybridized carbons (Fsp3) is 0.500. The van der Waals surface area contributed by atoms with Crippen molar-refractivity contribution in [3.8, 4) is 5.75 Å². The lowest BCUT2D eigenvalue weighted by Crippen LogP contribution is -2.36. The highest BCUT2D eigenvalue weighted by Crippen LogP contribution is 2.48. The Morgan fingerprint density at radius 1 is 1.41 bits per heavy atom. The summed E-state index contributed by atoms with van der Waals surface area (Å²) in [6.07, 6.45) is 5.54. The molecule has 154 valence electrons. The van der Waals surface area contributed by atoms with Crippen molar-refractivity contribution in [3.63, 3.8) is 0 Å². The Morgan fingerprint density at radius 3 is 2.86 bits per heavy atom. The average Bonchev–Trinajstić information content (AvgIpc) is 3.18. The Labute approximate surface area is 169 Å². The standard InChI is InChI=1S/C20H27N7O2/c1-5-21-18(28)13(2)11-26(3)16-7-6-15-17(24-16)25-19(23-15)20(8-9-20)27-12-14(29-4)10-22-27/h6-7,10,12-13H,5,8-9,11H2,1-4H3,(H,21,28)(H,23,24,25). The van der Waals surface area contributed by atoms with Gasteiger partial charge in [0, 0.05) is 20.1 Å². The van der Waals surface area contributed by atoms with Crippen LogP contribution in [0.15, 0.2) is 24.5 Å². The number of fused-ring (bicyclic) bond motifs is 1. The van der Waals surface area contributed by atoms with E-state index in [4.69, 9.17) is 14.7 Å². The summed E-state index contributed by atoms with van der Waals surface area (Å²) >= 11 is 0. The summed E-state index contributed by atoms with van der Waals surface area (Å²) in [5.41, 5.74) is 1.30. The Hall–Kier alpha value is -3.10. The molecule has 9 nitrogen and oxygen atoms in total. The van der Waals surface area contributed by atoms with E-state index in [1.165, 1.54) is 0 Å². The Kier molecular flexibility index (Phi) is 4.89. The first-order valence-corrected chi connectivity index (χ1v) is 9.92. The molecule has 1 amide bonds. The third kappa shape index (κ3) is 3.52. The van der Waals surface area contributed by atoms with Crippen molar-refractivity contribution in [3.05, 3.63) is 30.4 Å². The number of H-pyrrole nitrogens is 1. The van der Waals surface area contributed by atoms with E-state index in [-0.39, 0.29) is 17.4 Å². The predicted molar refractivity (Wildman–Crippen MR) is 110 cm³/mol. The maximum atomic E-state index is 12.0. The Balaban J connectivity index is 1.56. The summed E-state index contributed by atoms with van der Waals surface area (Å²) in [4.78, 5) is 26.9. The molecule has 1 fully saturated rings. The van der Waals surface area contributed by atoms with Crippen LogP contribution < -0.4 is 15.0 Å². The summed E-state index contributed by atoms with van der Waals surface area (Å²) in [5.74, 6) is 2.30. The van der Waals surface area contributed by atoms with E-state index in [0.29, 0.717) is 18.7 Å². The molecule has 3 aromatic heterocycles. The van der Waals surface area contributed by atoms with Crippen LogP contribution in [-0.4, -0.2) is 57.9 Å². The van der Waals surface area contributed by atoms with Gasteiger partial charge in [-0.1, -0.05) is 6.92 Å². The first-order valence-electron chi connectivity index (χ1n) is 9.92. The smallest absolute Gasteiger partial charge is 0.224 e. The molecule has 1 aliphatic carbocycles. The Morgan fingerprint density at radius 2 is 2.21 bits per heavy atom. The third-order valence-electron chi connectivity index (χ3n) is 5.47. The molecule has 1 aliphatic rings. The van der Waals surface area contributed by atoms with Crippen molar-refractivity contribution in [2.24, 2.45) is 5.92 Å². The van der Waals surface area contributed by atoms with Gasteiger partial charge in [-0.2, -0.15) is 5.10 Å². The van der Waals surface area contributed by atoms with E-state index in [2.05, 4.69) is 15.4 Å². The fourth-order valence-corrected chi connectivity index (χ4v) is 3.59. The summed E-state index contributed by atoms with van der Waals surface area (Å²) in [6.45, 7) is 5.06. The zero-order valence-electron chi connectivity index (χ0n) is 17.3. The molecule has 9 heteroatoms. The van der Waals surface area contributed by atoms with Crippen LogP contribution in [0.1, 0.15) is 32.5 Å². The number of nitrogens with one attached hydrogen (secondary N) is 2. The number of carbonyl (C=O) groups is 1. The van der Waals surface area contributed by atoms with Crippen LogP contribution in [-0.2, 0) is 10.3 Å². The number of anilines is 1. The topological polar surface area (TPSA) is 101 Å². The highest BCUT2D eigenvalue weighted by Gasteiger charge is 2.50. The van der Waals surface area contributed by atoms with Gasteiger partial charge in [0.15, 0.2) is 11.4 Å². The van der Waals surface area contributed by atoms with Crippen LogP contribution in [0.5, 0.6) is 5.75 Å². The molecule has 4 rings (SSSR count). The van der Waals surface area contributed by atoms with Crippen LogP contribution >= 0.6 is 0 Å². The number of aromatic nitrogens is 5. The highest BCUT2D eigenvalue weighted by molar-refractivity contribution is 5.79. The van der Waals surface area contributed by atoms with Gasteiger partial charge in [0.25, 0.3) is 0 Å². The second kappa shape index (κ2) is 7.38. The van der Waals surface area contributed by atoms with Gasteiger partial charge < -0.3 is 19.9 Å². The van der Waals surface area contributed by atoms with Gasteiger partial charge in [0.1, 0.15) is 17.2 Å². The molecule has 3 aromatic rings. The summed E-state index contributed by atoms with van der Waals surface area (Å²) in [6, 6.07) is 3.94. The van der Waals surface area contributed by atoms with Crippen molar-refractivity contribution >= 4 is 22.9 Å². The molecule has 0 radical (unpaired) electrons. The predicted octanol–water partition coefficient (Wildman–Crippen LogP) is 1.91. The minimum Gasteiger partial charge on any atom is -0.493 e. The minimum atomic E-state index is -0.254. The first kappa shape index (κ1) is 19.2. The van der Waals surface area contributed by atoms with Gasteiger partial charge in [0.2, 0.25) is 5.91 Å². The van der Waals surface area contributed by atoms with Gasteiger partial charge in [-0.25, -0.2) is 9.97 Å². The van der Waals surface area contributed by atoms with Crippen molar-refractivity contribution in [2.45, 2.75) is 32.2 Å². The van der Waals surface area contributed by atoms with Gasteiger partial charge >= 0.3 is 0 Å². The normalized spacial score (nSPS) is 15.9. The monoisotopic (exact) mass is 397 g/mol. The number of amides is 1. The second-order valence-corrected chi connectivity index (χ2v) is 7.66. The van der Waals surface area contributed by atoms with Crippen LogP contribution in [0.3, 0.4) is 0 Å². The number of hydrogen-bond acceptors (Lipinski definition) is 6. The number of nitrogens with zero attached hydrogens (tertiary/aromatic N) is 5. The maximum Gasteiger partial charge on any atom is 0.224 e. The maximum absolute atomic E-state index is 12.0. The number of pyridine rings is 1. The van der Waals surface area contributed by atoms with Crippen molar-refractivity contribution in [2.75, 3.05) is 32.1 Å². The van der Waals surface area contributed by atoms with Crippen LogP contribution in [0.4, 0.5) is 5.82 Å². The fourth-order valence-electron chi connectivity index (χ4n) is 3.59. The van der Waals surface area contributed by atoms with Crippen LogP contribution in [0, 0.1) is 5.92 Å². The largest absolute Gasteiger partial charge is 0.493 e. The van der Waals surface area contributed by atoms with Gasteiger partial charge in [0.05, 0.1) is 30.9 Å². The SMILES string of the molecule is CCNC(=O)C(C)CN(C)c1ccc2[nH]c(C3(n4cc(OC)cn4)CC3)nc2n1. The molecule has 0 spiro atoms. The van der Waals surface area contributed by atoms with E-state index < -0.39 is 0 Å². The molecular formula is C20H27N7O2. The molecule has 1 unspecified atom stereocenters. The minimum absolute atomic E-state index is 0.0489. The highest BCUT2D eigenvalue weighted by atomic mass is 16.5. The lowest BCUT2D eigenvalue weighted by atomic mass is 10.1. The van der Waals surface area contributed by atoms with Crippen molar-refractivity contribution in [1.29, 1.82) is 0 Å². The van der Waals surface area contributed by atoms with Crippen molar-refractivity contribution < 1.29 is 9.53 Å². The Bertz CT molecular complexity index is 1020. The molecule has 1 saturated carbocycles. The van der Waals surface area contributed by atoms with Gasteiger partial charge in [-0.3, -0.25) is 9.48 Å². The van der Waals surface area contributed by atoms with E-state index in [0.717, 1.165) is 35.8 Å². The number of hydrogen-bond donors (Lipinski definition) is 2. The summed E-state index contributed by atoms with van der Waals surface area (Å²) in [7, 11) is 3.58. The average molecular weight is 397 g/mol. The van der Waals surface area contributed by atoms with Crippen molar-refractivity contribution in [1.82, 2.24) is 30.0 Å². The number of aromatic amines is 1. The molecular weight excluding hydrogens is 370 g/mol. The zero-order chi connectivity index (χ0) is 20.6. The first-order chi connectivity index (χ1) is 14.0. The summed E-state index contributed by atoms with van der Waals surface area (Å²) in [5, 5.41) is 7.30. The quantitative estimate of drug-likeness (QED) is 0.602. The number of methoxy groups -OCH3 is 1. The third-order valence-corrected chi connectivity index (χ3v) is 5.47. The molecule has 1 atom stereocenters. The van der Waals surface area contributed by atoms with E-state index in [9.17, 15) is 4.79 Å². The van der Waals surface area contributed by atoms with E-state index in [1.807, 2.05) is 48.8 Å². The molecule has 2 N–H and O–H groups in total. The number of carbonyl (C=O) groups excluding carboxylic acids is 1. The molecule has 0 bridgehead atoms. The molecule has 0 aromatic carbocycles. The summed E-state index contributed by atoms with van der Waals surface area (Å²) < 4.78 is 7.18. The molecule has 29 heavy (non-hydrogen) atoms. The zero-order valence-corrected chi connectivity index (χ0v) is 17.3. The van der Waals surface area contributed by atoms with Crippen LogP contribution in [0.2, 0.25) is 0 Å². The number of ether oxygens (including phenoxy) is 1. The lowest BCUT2D eigenvalue weighted by molar-refractivity contribution is -0.124. The second-order valence-electron chi connectivity index (χ2n) is 7.66. The van der Waals surface area contributed by atoms with Gasteiger partial charge in [-0.15, -0.1) is 0 Å². The number of imidazole rings is 1. The van der Waals surface area contributed by atoms with E-state index in [1.54, 1.807) is 13.3 Å².